The van der Waals surface area contributed by atoms with Gasteiger partial charge < -0.3 is 10.3 Å². The van der Waals surface area contributed by atoms with Gasteiger partial charge in [-0.05, 0) is 31.2 Å². The molecule has 1 aromatic carbocycles. The molecular weight excluding hydrogens is 280 g/mol. The molecule has 22 heavy (non-hydrogen) atoms. The zero-order chi connectivity index (χ0) is 15.9. The zero-order valence-electron chi connectivity index (χ0n) is 12.5. The molecule has 0 radical (unpaired) electrons. The Morgan fingerprint density at radius 2 is 2.14 bits per heavy atom. The highest BCUT2D eigenvalue weighted by Gasteiger charge is 2.18. The van der Waals surface area contributed by atoms with Crippen molar-refractivity contribution < 1.29 is 10.0 Å². The van der Waals surface area contributed by atoms with Crippen molar-refractivity contribution in [3.05, 3.63) is 42.0 Å². The molecule has 1 aromatic rings. The summed E-state index contributed by atoms with van der Waals surface area (Å²) in [5, 5.41) is 17.1. The third-order valence-electron chi connectivity index (χ3n) is 3.53. The number of rotatable bonds is 5. The summed E-state index contributed by atoms with van der Waals surface area (Å²) in [6.45, 7) is 1.70. The first-order valence-corrected chi connectivity index (χ1v) is 7.12. The van der Waals surface area contributed by atoms with E-state index in [0.29, 0.717) is 11.4 Å². The molecule has 116 valence electrons. The van der Waals surface area contributed by atoms with E-state index in [1.54, 1.807) is 17.6 Å². The van der Waals surface area contributed by atoms with Crippen LogP contribution in [-0.2, 0) is 4.79 Å². The summed E-state index contributed by atoms with van der Waals surface area (Å²) in [4.78, 5) is 18.2. The molecule has 0 saturated heterocycles. The van der Waals surface area contributed by atoms with E-state index < -0.39 is 5.91 Å². The molecule has 1 aliphatic heterocycles. The summed E-state index contributed by atoms with van der Waals surface area (Å²) >= 11 is 0. The third kappa shape index (κ3) is 4.34. The van der Waals surface area contributed by atoms with Crippen LogP contribution in [0.2, 0.25) is 0 Å². The Labute approximate surface area is 129 Å². The highest BCUT2D eigenvalue weighted by molar-refractivity contribution is 6.43. The Morgan fingerprint density at radius 1 is 1.41 bits per heavy atom. The highest BCUT2D eigenvalue weighted by Crippen LogP contribution is 2.15. The van der Waals surface area contributed by atoms with Crippen LogP contribution in [0.1, 0.15) is 12.8 Å². The Hall–Kier alpha value is -2.31. The number of benzene rings is 1. The average molecular weight is 300 g/mol. The fourth-order valence-electron chi connectivity index (χ4n) is 2.22. The van der Waals surface area contributed by atoms with Crippen molar-refractivity contribution in [2.75, 3.05) is 20.1 Å². The SMILES string of the molecule is CN1CC=C(C(=N)CC(=Nc2ccccc2)C(=O)NO)CC1. The number of hydrogen-bond acceptors (Lipinski definition) is 5. The second kappa shape index (κ2) is 7.63. The lowest BCUT2D eigenvalue weighted by Crippen LogP contribution is -2.31. The number of carbonyl (C=O) groups is 1. The molecule has 0 atom stereocenters. The number of hydrogen-bond donors (Lipinski definition) is 3. The number of nitrogens with one attached hydrogen (secondary N) is 2. The number of nitrogens with zero attached hydrogens (tertiary/aromatic N) is 2. The molecule has 6 nitrogen and oxygen atoms in total. The van der Waals surface area contributed by atoms with E-state index in [0.717, 1.165) is 25.1 Å². The second-order valence-corrected chi connectivity index (χ2v) is 5.23. The topological polar surface area (TPSA) is 88.8 Å². The van der Waals surface area contributed by atoms with Gasteiger partial charge in [0, 0.05) is 25.2 Å². The van der Waals surface area contributed by atoms with Crippen molar-refractivity contribution in [1.82, 2.24) is 10.4 Å². The monoisotopic (exact) mass is 300 g/mol. The van der Waals surface area contributed by atoms with Crippen LogP contribution >= 0.6 is 0 Å². The standard InChI is InChI=1S/C16H20N4O2/c1-20-9-7-12(8-10-20)14(17)11-15(16(21)19-22)18-13-5-3-2-4-6-13/h2-7,17,22H,8-11H2,1H3,(H,19,21). The van der Waals surface area contributed by atoms with Crippen LogP contribution in [0.15, 0.2) is 47.0 Å². The van der Waals surface area contributed by atoms with Crippen molar-refractivity contribution in [2.24, 2.45) is 4.99 Å². The maximum Gasteiger partial charge on any atom is 0.289 e. The van der Waals surface area contributed by atoms with Gasteiger partial charge in [0.25, 0.3) is 5.91 Å². The summed E-state index contributed by atoms with van der Waals surface area (Å²) in [7, 11) is 2.03. The molecule has 1 heterocycles. The van der Waals surface area contributed by atoms with Gasteiger partial charge in [0.05, 0.1) is 5.69 Å². The zero-order valence-corrected chi connectivity index (χ0v) is 12.5. The van der Waals surface area contributed by atoms with Gasteiger partial charge in [0.2, 0.25) is 0 Å². The van der Waals surface area contributed by atoms with Crippen molar-refractivity contribution in [3.8, 4) is 0 Å². The predicted molar refractivity (Wildman–Crippen MR) is 86.0 cm³/mol. The van der Waals surface area contributed by atoms with Crippen molar-refractivity contribution in [2.45, 2.75) is 12.8 Å². The minimum absolute atomic E-state index is 0.0941. The van der Waals surface area contributed by atoms with E-state index >= 15 is 0 Å². The molecule has 3 N–H and O–H groups in total. The van der Waals surface area contributed by atoms with Crippen LogP contribution in [0.25, 0.3) is 0 Å². The molecule has 0 bridgehead atoms. The second-order valence-electron chi connectivity index (χ2n) is 5.23. The van der Waals surface area contributed by atoms with Crippen molar-refractivity contribution in [1.29, 1.82) is 5.41 Å². The Bertz CT molecular complexity index is 608. The van der Waals surface area contributed by atoms with Crippen LogP contribution in [0.3, 0.4) is 0 Å². The maximum atomic E-state index is 11.8. The fraction of sp³-hybridized carbons (Fsp3) is 0.312. The molecule has 0 saturated carbocycles. The fourth-order valence-corrected chi connectivity index (χ4v) is 2.22. The third-order valence-corrected chi connectivity index (χ3v) is 3.53. The van der Waals surface area contributed by atoms with Gasteiger partial charge in [-0.15, -0.1) is 0 Å². The molecule has 1 aliphatic rings. The van der Waals surface area contributed by atoms with E-state index in [1.165, 1.54) is 0 Å². The number of para-hydroxylation sites is 1. The van der Waals surface area contributed by atoms with E-state index in [-0.39, 0.29) is 12.1 Å². The Kier molecular flexibility index (Phi) is 5.57. The summed E-state index contributed by atoms with van der Waals surface area (Å²) in [5.74, 6) is -0.679. The molecule has 0 unspecified atom stereocenters. The van der Waals surface area contributed by atoms with Gasteiger partial charge in [-0.3, -0.25) is 10.0 Å². The first kappa shape index (κ1) is 16.1. The van der Waals surface area contributed by atoms with Crippen molar-refractivity contribution in [3.63, 3.8) is 0 Å². The van der Waals surface area contributed by atoms with Crippen LogP contribution < -0.4 is 5.48 Å². The summed E-state index contributed by atoms with van der Waals surface area (Å²) in [6, 6.07) is 9.03. The molecule has 0 spiro atoms. The molecule has 6 heteroatoms. The lowest BCUT2D eigenvalue weighted by molar-refractivity contribution is -0.122. The quantitative estimate of drug-likeness (QED) is 0.441. The van der Waals surface area contributed by atoms with Crippen LogP contribution in [-0.4, -0.2) is 47.6 Å². The largest absolute Gasteiger partial charge is 0.305 e. The van der Waals surface area contributed by atoms with E-state index in [9.17, 15) is 4.79 Å². The Balaban J connectivity index is 2.15. The number of carbonyl (C=O) groups excluding carboxylic acids is 1. The molecule has 2 rings (SSSR count). The number of amides is 1. The van der Waals surface area contributed by atoms with Gasteiger partial charge in [0.15, 0.2) is 0 Å². The summed E-state index contributed by atoms with van der Waals surface area (Å²) < 4.78 is 0. The van der Waals surface area contributed by atoms with Gasteiger partial charge in [-0.25, -0.2) is 10.5 Å². The molecule has 0 aliphatic carbocycles. The maximum absolute atomic E-state index is 11.8. The lowest BCUT2D eigenvalue weighted by Gasteiger charge is -2.22. The first-order valence-electron chi connectivity index (χ1n) is 7.12. The molecular formula is C16H20N4O2. The smallest absolute Gasteiger partial charge is 0.289 e. The molecule has 1 amide bonds. The first-order chi connectivity index (χ1) is 10.6. The summed E-state index contributed by atoms with van der Waals surface area (Å²) in [5.41, 5.74) is 3.65. The van der Waals surface area contributed by atoms with Crippen LogP contribution in [0.5, 0.6) is 0 Å². The van der Waals surface area contributed by atoms with Crippen LogP contribution in [0.4, 0.5) is 5.69 Å². The minimum atomic E-state index is -0.679. The number of likely N-dealkylation sites (N-methyl/N-ethyl adjacent to an activating group) is 1. The normalized spacial score (nSPS) is 16.1. The summed E-state index contributed by atoms with van der Waals surface area (Å²) in [6.07, 6.45) is 2.88. The number of aliphatic imine (C=N–C) groups is 1. The van der Waals surface area contributed by atoms with E-state index in [4.69, 9.17) is 10.6 Å². The van der Waals surface area contributed by atoms with Crippen LogP contribution in [0, 0.1) is 5.41 Å². The van der Waals surface area contributed by atoms with Gasteiger partial charge in [0.1, 0.15) is 5.71 Å². The lowest BCUT2D eigenvalue weighted by atomic mass is 9.99. The van der Waals surface area contributed by atoms with Gasteiger partial charge in [-0.1, -0.05) is 24.3 Å². The average Bonchev–Trinajstić information content (AvgIpc) is 2.55. The highest BCUT2D eigenvalue weighted by atomic mass is 16.5. The van der Waals surface area contributed by atoms with Gasteiger partial charge >= 0.3 is 0 Å². The minimum Gasteiger partial charge on any atom is -0.305 e. The van der Waals surface area contributed by atoms with E-state index in [2.05, 4.69) is 9.89 Å². The van der Waals surface area contributed by atoms with Gasteiger partial charge in [-0.2, -0.15) is 0 Å². The Morgan fingerprint density at radius 3 is 2.73 bits per heavy atom. The van der Waals surface area contributed by atoms with E-state index in [1.807, 2.05) is 31.3 Å². The van der Waals surface area contributed by atoms with Crippen molar-refractivity contribution >= 4 is 23.0 Å². The predicted octanol–water partition coefficient (Wildman–Crippen LogP) is 1.94. The number of hydroxylamine groups is 1. The molecule has 0 fully saturated rings. The molecule has 0 aromatic heterocycles.